The summed E-state index contributed by atoms with van der Waals surface area (Å²) in [5.74, 6) is 0.238. The van der Waals surface area contributed by atoms with Crippen molar-refractivity contribution in [3.05, 3.63) is 0 Å². The van der Waals surface area contributed by atoms with Gasteiger partial charge in [0.05, 0.1) is 0 Å². The van der Waals surface area contributed by atoms with Crippen molar-refractivity contribution >= 4 is 11.7 Å². The highest BCUT2D eigenvalue weighted by molar-refractivity contribution is 5.79. The lowest BCUT2D eigenvalue weighted by atomic mass is 10.2. The number of carbonyl (C=O) groups is 1. The summed E-state index contributed by atoms with van der Waals surface area (Å²) in [5, 5.41) is 17.0. The monoisotopic (exact) mass is 230 g/mol. The van der Waals surface area contributed by atoms with Gasteiger partial charge in [-0.25, -0.2) is 0 Å². The topological polar surface area (TPSA) is 99.7 Å². The molecule has 0 rings (SSSR count). The third kappa shape index (κ3) is 8.05. The van der Waals surface area contributed by atoms with E-state index in [2.05, 4.69) is 15.8 Å². The van der Waals surface area contributed by atoms with Gasteiger partial charge >= 0.3 is 0 Å². The van der Waals surface area contributed by atoms with Crippen LogP contribution in [0.25, 0.3) is 0 Å². The van der Waals surface area contributed by atoms with E-state index in [0.717, 1.165) is 6.42 Å². The fourth-order valence-corrected chi connectivity index (χ4v) is 1.04. The first-order chi connectivity index (χ1) is 7.60. The molecule has 0 aromatic heterocycles. The van der Waals surface area contributed by atoms with Crippen LogP contribution >= 0.6 is 0 Å². The van der Waals surface area contributed by atoms with Gasteiger partial charge in [0.25, 0.3) is 0 Å². The molecule has 0 aromatic carbocycles. The van der Waals surface area contributed by atoms with Gasteiger partial charge in [0.15, 0.2) is 0 Å². The minimum atomic E-state index is 0.0469. The average molecular weight is 230 g/mol. The normalized spacial score (nSPS) is 13.5. The van der Waals surface area contributed by atoms with E-state index in [1.54, 1.807) is 0 Å². The lowest BCUT2D eigenvalue weighted by Gasteiger charge is -2.11. The van der Waals surface area contributed by atoms with Crippen molar-refractivity contribution in [3.8, 4) is 0 Å². The lowest BCUT2D eigenvalue weighted by Crippen LogP contribution is -2.34. The van der Waals surface area contributed by atoms with Crippen LogP contribution < -0.4 is 16.4 Å². The summed E-state index contributed by atoms with van der Waals surface area (Å²) >= 11 is 0. The number of oxime groups is 1. The summed E-state index contributed by atoms with van der Waals surface area (Å²) in [6, 6.07) is 0.227. The molecule has 0 aliphatic heterocycles. The number of nitrogens with one attached hydrogen (secondary N) is 2. The molecule has 6 nitrogen and oxygen atoms in total. The Kier molecular flexibility index (Phi) is 8.24. The minimum Gasteiger partial charge on any atom is -0.409 e. The Bertz CT molecular complexity index is 231. The molecule has 0 aromatic rings. The lowest BCUT2D eigenvalue weighted by molar-refractivity contribution is -0.121. The molecule has 0 aliphatic carbocycles. The van der Waals surface area contributed by atoms with Gasteiger partial charge < -0.3 is 21.6 Å². The van der Waals surface area contributed by atoms with Crippen LogP contribution in [0.5, 0.6) is 0 Å². The summed E-state index contributed by atoms with van der Waals surface area (Å²) in [4.78, 5) is 11.3. The molecule has 1 amide bonds. The smallest absolute Gasteiger partial charge is 0.221 e. The maximum Gasteiger partial charge on any atom is 0.221 e. The molecule has 0 saturated heterocycles. The van der Waals surface area contributed by atoms with E-state index < -0.39 is 0 Å². The van der Waals surface area contributed by atoms with Crippen molar-refractivity contribution in [2.24, 2.45) is 10.9 Å². The van der Waals surface area contributed by atoms with Gasteiger partial charge in [0.1, 0.15) is 5.84 Å². The van der Waals surface area contributed by atoms with Crippen LogP contribution in [-0.4, -0.2) is 36.1 Å². The Morgan fingerprint density at radius 1 is 1.44 bits per heavy atom. The molecule has 1 atom stereocenters. The molecule has 94 valence electrons. The Labute approximate surface area is 96.3 Å². The molecule has 0 saturated carbocycles. The Morgan fingerprint density at radius 2 is 2.06 bits per heavy atom. The van der Waals surface area contributed by atoms with Gasteiger partial charge in [-0.05, 0) is 13.3 Å². The number of hydrogen-bond donors (Lipinski definition) is 4. The molecule has 0 radical (unpaired) electrons. The van der Waals surface area contributed by atoms with E-state index in [-0.39, 0.29) is 17.8 Å². The van der Waals surface area contributed by atoms with Crippen molar-refractivity contribution in [1.29, 1.82) is 0 Å². The first-order valence-corrected chi connectivity index (χ1v) is 5.56. The quantitative estimate of drug-likeness (QED) is 0.155. The fourth-order valence-electron chi connectivity index (χ4n) is 1.04. The first kappa shape index (κ1) is 14.7. The zero-order chi connectivity index (χ0) is 12.4. The van der Waals surface area contributed by atoms with Gasteiger partial charge in [0, 0.05) is 32.0 Å². The number of rotatable bonds is 8. The maximum absolute atomic E-state index is 11.3. The van der Waals surface area contributed by atoms with Gasteiger partial charge in [-0.2, -0.15) is 0 Å². The van der Waals surface area contributed by atoms with E-state index in [1.165, 1.54) is 0 Å². The molecule has 16 heavy (non-hydrogen) atoms. The van der Waals surface area contributed by atoms with Crippen LogP contribution in [0.15, 0.2) is 5.16 Å². The van der Waals surface area contributed by atoms with Gasteiger partial charge in [-0.15, -0.1) is 0 Å². The van der Waals surface area contributed by atoms with Crippen LogP contribution in [0.2, 0.25) is 0 Å². The summed E-state index contributed by atoms with van der Waals surface area (Å²) in [6.45, 7) is 5.21. The number of amidine groups is 1. The van der Waals surface area contributed by atoms with E-state index in [1.807, 2.05) is 13.8 Å². The Hall–Kier alpha value is -1.30. The second kappa shape index (κ2) is 8.96. The zero-order valence-electron chi connectivity index (χ0n) is 9.99. The highest BCUT2D eigenvalue weighted by Crippen LogP contribution is 1.89. The molecule has 0 heterocycles. The predicted octanol–water partition coefficient (Wildman–Crippen LogP) is 0.0173. The Morgan fingerprint density at radius 3 is 2.62 bits per heavy atom. The first-order valence-electron chi connectivity index (χ1n) is 5.56. The van der Waals surface area contributed by atoms with Gasteiger partial charge in [-0.3, -0.25) is 4.79 Å². The molecule has 0 spiro atoms. The maximum atomic E-state index is 11.3. The predicted molar refractivity (Wildman–Crippen MR) is 63.4 cm³/mol. The average Bonchev–Trinajstić information content (AvgIpc) is 2.27. The largest absolute Gasteiger partial charge is 0.409 e. The van der Waals surface area contributed by atoms with Crippen LogP contribution in [0.4, 0.5) is 0 Å². The van der Waals surface area contributed by atoms with Crippen LogP contribution in [-0.2, 0) is 4.79 Å². The number of nitrogens with two attached hydrogens (primary N) is 1. The number of nitrogens with zero attached hydrogens (tertiary/aromatic N) is 1. The molecule has 1 unspecified atom stereocenters. The molecular formula is C10H22N4O2. The van der Waals surface area contributed by atoms with Crippen molar-refractivity contribution in [2.75, 3.05) is 13.1 Å². The third-order valence-electron chi connectivity index (χ3n) is 2.23. The molecule has 6 heteroatoms. The van der Waals surface area contributed by atoms with Gasteiger partial charge in [-0.1, -0.05) is 12.1 Å². The van der Waals surface area contributed by atoms with E-state index >= 15 is 0 Å². The highest BCUT2D eigenvalue weighted by Gasteiger charge is 2.04. The highest BCUT2D eigenvalue weighted by atomic mass is 16.4. The number of amides is 1. The zero-order valence-corrected chi connectivity index (χ0v) is 9.99. The second-order valence-electron chi connectivity index (χ2n) is 3.72. The van der Waals surface area contributed by atoms with Crippen LogP contribution in [0.3, 0.4) is 0 Å². The number of hydrogen-bond acceptors (Lipinski definition) is 4. The minimum absolute atomic E-state index is 0.0469. The SMILES string of the molecule is CCC(C)NC(=O)CCNCCC(N)=NO. The number of carbonyl (C=O) groups excluding carboxylic acids is 1. The molecular weight excluding hydrogens is 208 g/mol. The second-order valence-corrected chi connectivity index (χ2v) is 3.72. The van der Waals surface area contributed by atoms with Crippen molar-refractivity contribution in [1.82, 2.24) is 10.6 Å². The molecule has 0 bridgehead atoms. The summed E-state index contributed by atoms with van der Waals surface area (Å²) < 4.78 is 0. The van der Waals surface area contributed by atoms with Crippen molar-refractivity contribution < 1.29 is 10.0 Å². The van der Waals surface area contributed by atoms with Crippen LogP contribution in [0.1, 0.15) is 33.1 Å². The summed E-state index contributed by atoms with van der Waals surface area (Å²) in [7, 11) is 0. The van der Waals surface area contributed by atoms with Crippen LogP contribution in [0, 0.1) is 0 Å². The molecule has 5 N–H and O–H groups in total. The third-order valence-corrected chi connectivity index (χ3v) is 2.23. The Balaban J connectivity index is 3.41. The molecule has 0 fully saturated rings. The van der Waals surface area contributed by atoms with E-state index in [4.69, 9.17) is 10.9 Å². The standard InChI is InChI=1S/C10H22N4O2/c1-3-8(2)13-10(15)5-7-12-6-4-9(11)14-16/h8,12,16H,3-7H2,1-2H3,(H2,11,14)(H,13,15). The molecule has 0 aliphatic rings. The van der Waals surface area contributed by atoms with Crippen molar-refractivity contribution in [2.45, 2.75) is 39.2 Å². The summed E-state index contributed by atoms with van der Waals surface area (Å²) in [5.41, 5.74) is 5.28. The summed E-state index contributed by atoms with van der Waals surface area (Å²) in [6.07, 6.45) is 1.85. The van der Waals surface area contributed by atoms with Gasteiger partial charge in [0.2, 0.25) is 5.91 Å². The van der Waals surface area contributed by atoms with E-state index in [0.29, 0.717) is 25.9 Å². The van der Waals surface area contributed by atoms with Crippen molar-refractivity contribution in [3.63, 3.8) is 0 Å². The van der Waals surface area contributed by atoms with E-state index in [9.17, 15) is 4.79 Å². The fraction of sp³-hybridized carbons (Fsp3) is 0.800.